The molecule has 4 atom stereocenters. The molecule has 1 aromatic heterocycles. The third-order valence-electron chi connectivity index (χ3n) is 9.32. The molecule has 4 rings (SSSR count). The van der Waals surface area contributed by atoms with Crippen LogP contribution in [0.5, 0.6) is 5.75 Å². The van der Waals surface area contributed by atoms with Crippen molar-refractivity contribution < 1.29 is 33.5 Å². The highest BCUT2D eigenvalue weighted by Crippen LogP contribution is 2.29. The maximum atomic E-state index is 14.4. The van der Waals surface area contributed by atoms with Gasteiger partial charge in [0.2, 0.25) is 0 Å². The van der Waals surface area contributed by atoms with Gasteiger partial charge in [0.15, 0.2) is 5.76 Å². The summed E-state index contributed by atoms with van der Waals surface area (Å²) in [4.78, 5) is 43.6. The Balaban J connectivity index is 1.56. The van der Waals surface area contributed by atoms with E-state index in [0.29, 0.717) is 40.7 Å². The average molecular weight is 671 g/mol. The lowest BCUT2D eigenvalue weighted by Crippen LogP contribution is -2.48. The zero-order valence-electron chi connectivity index (χ0n) is 29.3. The van der Waals surface area contributed by atoms with Gasteiger partial charge in [-0.2, -0.15) is 0 Å². The molecule has 1 saturated carbocycles. The number of hydrogen-bond acceptors (Lipinski definition) is 8. The molecule has 0 saturated heterocycles. The summed E-state index contributed by atoms with van der Waals surface area (Å²) in [5.41, 5.74) is 1.90. The topological polar surface area (TPSA) is 158 Å². The van der Waals surface area contributed by atoms with Crippen LogP contribution >= 0.6 is 0 Å². The molecule has 1 aliphatic carbocycles. The number of carbonyl (C=O) groups is 3. The molecule has 1 aliphatic heterocycles. The van der Waals surface area contributed by atoms with Gasteiger partial charge in [0.05, 0.1) is 30.4 Å². The first-order valence-electron chi connectivity index (χ1n) is 17.3. The summed E-state index contributed by atoms with van der Waals surface area (Å²) in [6.45, 7) is 9.99. The van der Waals surface area contributed by atoms with Gasteiger partial charge in [-0.1, -0.05) is 31.3 Å². The van der Waals surface area contributed by atoms with Gasteiger partial charge >= 0.3 is 12.1 Å². The summed E-state index contributed by atoms with van der Waals surface area (Å²) in [6, 6.07) is 4.11. The Kier molecular flexibility index (Phi) is 13.5. The van der Waals surface area contributed by atoms with Gasteiger partial charge in [0.25, 0.3) is 5.91 Å². The van der Waals surface area contributed by atoms with E-state index in [0.717, 1.165) is 44.9 Å². The van der Waals surface area contributed by atoms with Crippen LogP contribution in [-0.4, -0.2) is 95.7 Å². The fourth-order valence-electron chi connectivity index (χ4n) is 6.28. The fourth-order valence-corrected chi connectivity index (χ4v) is 6.28. The lowest BCUT2D eigenvalue weighted by Gasteiger charge is -2.35. The second-order valence-corrected chi connectivity index (χ2v) is 13.5. The minimum Gasteiger partial charge on any atom is -0.490 e. The summed E-state index contributed by atoms with van der Waals surface area (Å²) in [7, 11) is 1.70. The molecule has 1 aromatic carbocycles. The summed E-state index contributed by atoms with van der Waals surface area (Å²) < 4.78 is 17.9. The fraction of sp³-hybridized carbons (Fsp3) is 0.657. The number of hydrogen-bond donors (Lipinski definition) is 4. The van der Waals surface area contributed by atoms with Crippen LogP contribution in [0.15, 0.2) is 22.7 Å². The van der Waals surface area contributed by atoms with Gasteiger partial charge in [-0.15, -0.1) is 0 Å². The van der Waals surface area contributed by atoms with E-state index in [1.807, 2.05) is 13.8 Å². The first kappa shape index (κ1) is 37.0. The predicted octanol–water partition coefficient (Wildman–Crippen LogP) is 5.71. The Hall–Kier alpha value is -3.84. The van der Waals surface area contributed by atoms with Gasteiger partial charge in [0.1, 0.15) is 17.1 Å². The number of aromatic nitrogens is 1. The first-order valence-corrected chi connectivity index (χ1v) is 17.3. The number of ether oxygens (including phenoxy) is 2. The van der Waals surface area contributed by atoms with Crippen molar-refractivity contribution in [2.75, 3.05) is 44.0 Å². The second-order valence-electron chi connectivity index (χ2n) is 13.5. The molecule has 0 spiro atoms. The van der Waals surface area contributed by atoms with Crippen molar-refractivity contribution >= 4 is 29.3 Å². The monoisotopic (exact) mass is 670 g/mol. The Morgan fingerprint density at radius 3 is 2.50 bits per heavy atom. The number of carbonyl (C=O) groups excluding carboxylic acids is 3. The van der Waals surface area contributed by atoms with Gasteiger partial charge in [-0.3, -0.25) is 4.79 Å². The Morgan fingerprint density at radius 1 is 1.08 bits per heavy atom. The van der Waals surface area contributed by atoms with Crippen molar-refractivity contribution in [3.05, 3.63) is 35.2 Å². The third kappa shape index (κ3) is 10.1. The number of urea groups is 2. The number of likely N-dealkylation sites (N-methyl/N-ethyl adjacent to an activating group) is 1. The minimum absolute atomic E-state index is 0.139. The van der Waals surface area contributed by atoms with Gasteiger partial charge in [0, 0.05) is 44.4 Å². The van der Waals surface area contributed by atoms with E-state index in [1.54, 1.807) is 55.8 Å². The van der Waals surface area contributed by atoms with Crippen LogP contribution in [0.3, 0.4) is 0 Å². The number of nitrogens with one attached hydrogen (secondary N) is 3. The largest absolute Gasteiger partial charge is 0.490 e. The van der Waals surface area contributed by atoms with Gasteiger partial charge < -0.3 is 44.9 Å². The normalized spacial score (nSPS) is 22.1. The molecule has 266 valence electrons. The molecule has 0 bridgehead atoms. The van der Waals surface area contributed by atoms with Crippen molar-refractivity contribution in [3.8, 4) is 5.75 Å². The number of aliphatic hydroxyl groups excluding tert-OH is 1. The Morgan fingerprint density at radius 2 is 1.81 bits per heavy atom. The molecule has 0 radical (unpaired) electrons. The van der Waals surface area contributed by atoms with E-state index < -0.39 is 12.1 Å². The summed E-state index contributed by atoms with van der Waals surface area (Å²) in [5.74, 6) is 0.396. The van der Waals surface area contributed by atoms with Crippen molar-refractivity contribution in [1.82, 2.24) is 20.3 Å². The zero-order chi connectivity index (χ0) is 34.8. The van der Waals surface area contributed by atoms with Gasteiger partial charge in [-0.05, 0) is 78.0 Å². The molecule has 13 heteroatoms. The minimum atomic E-state index is -0.523. The number of benzene rings is 1. The lowest BCUT2D eigenvalue weighted by molar-refractivity contribution is -0.0115. The highest BCUT2D eigenvalue weighted by molar-refractivity contribution is 5.99. The lowest BCUT2D eigenvalue weighted by atomic mass is 9.96. The molecule has 48 heavy (non-hydrogen) atoms. The molecule has 0 unspecified atom stereocenters. The van der Waals surface area contributed by atoms with E-state index in [-0.39, 0.29) is 55.7 Å². The number of aliphatic hydroxyl groups is 1. The van der Waals surface area contributed by atoms with Crippen molar-refractivity contribution in [1.29, 1.82) is 0 Å². The van der Waals surface area contributed by atoms with E-state index in [2.05, 4.69) is 21.1 Å². The maximum Gasteiger partial charge on any atom is 0.321 e. The molecule has 2 aromatic rings. The van der Waals surface area contributed by atoms with Crippen LogP contribution in [0, 0.1) is 19.8 Å². The number of anilines is 2. The average Bonchev–Trinajstić information content (AvgIpc) is 3.38. The molecule has 4 N–H and O–H groups in total. The van der Waals surface area contributed by atoms with Crippen LogP contribution < -0.4 is 20.7 Å². The standard InChI is InChI=1S/C35H54N6O7/c1-22-19-41(23(2)21-42)33(43)29-18-28(37-34(44)36-27-13-8-7-9-14-27)15-16-30(29)47-24(3)12-10-11-17-46-31(22)20-40(6)35(45)38-32-25(4)39-48-26(32)5/h15-16,18,22-24,27,31,42H,7-14,17,19-21H2,1-6H3,(H,38,45)(H2,36,37,44)/t22-,23+,24+,31-/m0/s1. The van der Waals surface area contributed by atoms with E-state index in [9.17, 15) is 19.5 Å². The first-order chi connectivity index (χ1) is 23.0. The zero-order valence-corrected chi connectivity index (χ0v) is 29.3. The van der Waals surface area contributed by atoms with Crippen LogP contribution in [0.4, 0.5) is 21.0 Å². The van der Waals surface area contributed by atoms with Crippen LogP contribution in [-0.2, 0) is 4.74 Å². The van der Waals surface area contributed by atoms with Crippen molar-refractivity contribution in [2.45, 2.75) is 110 Å². The Bertz CT molecular complexity index is 1360. The van der Waals surface area contributed by atoms with Crippen LogP contribution in [0.25, 0.3) is 0 Å². The van der Waals surface area contributed by atoms with E-state index >= 15 is 0 Å². The van der Waals surface area contributed by atoms with E-state index in [1.165, 1.54) is 6.42 Å². The molecule has 5 amide bonds. The number of aryl methyl sites for hydroxylation is 2. The van der Waals surface area contributed by atoms with E-state index in [4.69, 9.17) is 14.0 Å². The summed E-state index contributed by atoms with van der Waals surface area (Å²) in [5, 5.41) is 23.0. The molecule has 13 nitrogen and oxygen atoms in total. The highest BCUT2D eigenvalue weighted by atomic mass is 16.5. The SMILES string of the molecule is Cc1noc(C)c1NC(=O)N(C)C[C@@H]1OCCCC[C@@H](C)Oc2ccc(NC(=O)NC3CCCCC3)cc2C(=O)N([C@H](C)CO)C[C@@H]1C. The number of fused-ring (bicyclic) bond motifs is 1. The summed E-state index contributed by atoms with van der Waals surface area (Å²) >= 11 is 0. The number of nitrogens with zero attached hydrogens (tertiary/aromatic N) is 3. The van der Waals surface area contributed by atoms with Crippen LogP contribution in [0.2, 0.25) is 0 Å². The quantitative estimate of drug-likeness (QED) is 0.292. The molecule has 1 fully saturated rings. The second kappa shape index (κ2) is 17.5. The maximum absolute atomic E-state index is 14.4. The molecule has 2 aliphatic rings. The predicted molar refractivity (Wildman–Crippen MR) is 184 cm³/mol. The Labute approximate surface area is 284 Å². The number of rotatable bonds is 7. The van der Waals surface area contributed by atoms with Crippen molar-refractivity contribution in [3.63, 3.8) is 0 Å². The number of amides is 5. The van der Waals surface area contributed by atoms with Crippen molar-refractivity contribution in [2.24, 2.45) is 5.92 Å². The molecular weight excluding hydrogens is 616 g/mol. The van der Waals surface area contributed by atoms with Crippen LogP contribution in [0.1, 0.15) is 93.9 Å². The highest BCUT2D eigenvalue weighted by Gasteiger charge is 2.31. The summed E-state index contributed by atoms with van der Waals surface area (Å²) in [6.07, 6.45) is 7.12. The van der Waals surface area contributed by atoms with Gasteiger partial charge in [-0.25, -0.2) is 9.59 Å². The smallest absolute Gasteiger partial charge is 0.321 e. The molecule has 2 heterocycles. The third-order valence-corrected chi connectivity index (χ3v) is 9.32. The molecular formula is C35H54N6O7.